The zero-order valence-corrected chi connectivity index (χ0v) is 11.7. The molecular formula is C12H9BrN4S. The predicted octanol–water partition coefficient (Wildman–Crippen LogP) is 3.18. The van der Waals surface area contributed by atoms with Crippen LogP contribution in [0.5, 0.6) is 0 Å². The van der Waals surface area contributed by atoms with Gasteiger partial charge < -0.3 is 0 Å². The molecule has 0 aromatic carbocycles. The van der Waals surface area contributed by atoms with Crippen LogP contribution in [0.15, 0.2) is 52.5 Å². The van der Waals surface area contributed by atoms with E-state index in [9.17, 15) is 0 Å². The fraction of sp³-hybridized carbons (Fsp3) is 0.0833. The lowest BCUT2D eigenvalue weighted by atomic mass is 10.3. The van der Waals surface area contributed by atoms with Crippen molar-refractivity contribution in [2.45, 2.75) is 10.9 Å². The maximum Gasteiger partial charge on any atom is 0.195 e. The Morgan fingerprint density at radius 1 is 1.22 bits per heavy atom. The topological polar surface area (TPSA) is 43.1 Å². The van der Waals surface area contributed by atoms with Gasteiger partial charge in [-0.25, -0.2) is 0 Å². The zero-order valence-electron chi connectivity index (χ0n) is 9.32. The Balaban J connectivity index is 1.81. The highest BCUT2D eigenvalue weighted by Gasteiger charge is 2.05. The third kappa shape index (κ3) is 2.39. The monoisotopic (exact) mass is 320 g/mol. The average Bonchev–Trinajstić information content (AvgIpc) is 2.80. The van der Waals surface area contributed by atoms with Gasteiger partial charge in [0, 0.05) is 28.8 Å². The molecule has 3 aromatic rings. The van der Waals surface area contributed by atoms with E-state index in [1.165, 1.54) is 0 Å². The van der Waals surface area contributed by atoms with Crippen LogP contribution in [0.4, 0.5) is 0 Å². The Morgan fingerprint density at radius 2 is 2.17 bits per heavy atom. The largest absolute Gasteiger partial charge is 0.277 e. The minimum Gasteiger partial charge on any atom is -0.277 e. The SMILES string of the molecule is Brc1cncc(CSc2nnc3ccccn23)c1. The second-order valence-corrected chi connectivity index (χ2v) is 5.57. The molecule has 4 nitrogen and oxygen atoms in total. The molecule has 0 aliphatic rings. The maximum atomic E-state index is 4.18. The summed E-state index contributed by atoms with van der Waals surface area (Å²) in [4.78, 5) is 4.14. The van der Waals surface area contributed by atoms with Crippen molar-refractivity contribution >= 4 is 33.3 Å². The molecule has 18 heavy (non-hydrogen) atoms. The molecule has 0 aliphatic carbocycles. The summed E-state index contributed by atoms with van der Waals surface area (Å²) in [5.74, 6) is 0.822. The summed E-state index contributed by atoms with van der Waals surface area (Å²) in [7, 11) is 0. The van der Waals surface area contributed by atoms with Crippen molar-refractivity contribution in [2.75, 3.05) is 0 Å². The highest BCUT2D eigenvalue weighted by Crippen LogP contribution is 2.22. The van der Waals surface area contributed by atoms with Crippen molar-refractivity contribution in [2.24, 2.45) is 0 Å². The second kappa shape index (κ2) is 5.07. The molecule has 0 fully saturated rings. The van der Waals surface area contributed by atoms with Crippen LogP contribution < -0.4 is 0 Å². The predicted molar refractivity (Wildman–Crippen MR) is 74.5 cm³/mol. The molecule has 0 saturated carbocycles. The van der Waals surface area contributed by atoms with Gasteiger partial charge in [0.05, 0.1) is 0 Å². The number of aromatic nitrogens is 4. The summed E-state index contributed by atoms with van der Waals surface area (Å²) >= 11 is 5.06. The number of rotatable bonds is 3. The summed E-state index contributed by atoms with van der Waals surface area (Å²) in [5, 5.41) is 9.19. The van der Waals surface area contributed by atoms with Crippen LogP contribution >= 0.6 is 27.7 Å². The first-order valence-corrected chi connectivity index (χ1v) is 7.13. The van der Waals surface area contributed by atoms with E-state index in [-0.39, 0.29) is 0 Å². The molecule has 3 heterocycles. The molecule has 0 unspecified atom stereocenters. The molecule has 0 atom stereocenters. The van der Waals surface area contributed by atoms with Gasteiger partial charge in [-0.15, -0.1) is 10.2 Å². The number of nitrogens with zero attached hydrogens (tertiary/aromatic N) is 4. The van der Waals surface area contributed by atoms with Crippen LogP contribution in [-0.4, -0.2) is 19.6 Å². The van der Waals surface area contributed by atoms with Gasteiger partial charge in [0.25, 0.3) is 0 Å². The summed E-state index contributed by atoms with van der Waals surface area (Å²) in [6.45, 7) is 0. The first kappa shape index (κ1) is 11.7. The quantitative estimate of drug-likeness (QED) is 0.695. The number of thioether (sulfide) groups is 1. The maximum absolute atomic E-state index is 4.18. The van der Waals surface area contributed by atoms with Crippen LogP contribution in [0.3, 0.4) is 0 Å². The van der Waals surface area contributed by atoms with Crippen molar-refractivity contribution in [3.05, 3.63) is 52.9 Å². The molecule has 90 valence electrons. The molecule has 0 amide bonds. The Morgan fingerprint density at radius 3 is 3.06 bits per heavy atom. The lowest BCUT2D eigenvalue weighted by Crippen LogP contribution is -1.88. The lowest BCUT2D eigenvalue weighted by Gasteiger charge is -2.00. The van der Waals surface area contributed by atoms with Crippen LogP contribution in [0, 0.1) is 0 Å². The standard InChI is InChI=1S/C12H9BrN4S/c13-10-5-9(6-14-7-10)8-18-12-16-15-11-3-1-2-4-17(11)12/h1-7H,8H2. The van der Waals surface area contributed by atoms with E-state index in [0.717, 1.165) is 26.6 Å². The molecule has 0 radical (unpaired) electrons. The van der Waals surface area contributed by atoms with E-state index < -0.39 is 0 Å². The summed E-state index contributed by atoms with van der Waals surface area (Å²) in [6, 6.07) is 7.93. The number of hydrogen-bond acceptors (Lipinski definition) is 4. The molecule has 0 saturated heterocycles. The Hall–Kier alpha value is -1.40. The number of hydrogen-bond donors (Lipinski definition) is 0. The van der Waals surface area contributed by atoms with Gasteiger partial charge >= 0.3 is 0 Å². The third-order valence-corrected chi connectivity index (χ3v) is 3.86. The Kier molecular flexibility index (Phi) is 3.29. The molecule has 0 bridgehead atoms. The normalized spacial score (nSPS) is 10.9. The Labute approximate surface area is 117 Å². The summed E-state index contributed by atoms with van der Waals surface area (Å²) in [5.41, 5.74) is 2.02. The van der Waals surface area contributed by atoms with Gasteiger partial charge in [0.15, 0.2) is 10.8 Å². The van der Waals surface area contributed by atoms with Gasteiger partial charge in [-0.3, -0.25) is 9.38 Å². The second-order valence-electron chi connectivity index (χ2n) is 3.71. The fourth-order valence-electron chi connectivity index (χ4n) is 1.60. The van der Waals surface area contributed by atoms with E-state index in [0.29, 0.717) is 0 Å². The summed E-state index contributed by atoms with van der Waals surface area (Å²) in [6.07, 6.45) is 5.61. The van der Waals surface area contributed by atoms with Crippen molar-refractivity contribution < 1.29 is 0 Å². The van der Waals surface area contributed by atoms with Crippen molar-refractivity contribution in [3.63, 3.8) is 0 Å². The molecule has 0 aliphatic heterocycles. The average molecular weight is 321 g/mol. The highest BCUT2D eigenvalue weighted by atomic mass is 79.9. The van der Waals surface area contributed by atoms with Gasteiger partial charge in [-0.05, 0) is 39.7 Å². The van der Waals surface area contributed by atoms with Crippen LogP contribution in [0.25, 0.3) is 5.65 Å². The van der Waals surface area contributed by atoms with E-state index in [1.54, 1.807) is 18.0 Å². The van der Waals surface area contributed by atoms with E-state index in [1.807, 2.05) is 35.0 Å². The fourth-order valence-corrected chi connectivity index (χ4v) is 2.86. The van der Waals surface area contributed by atoms with E-state index in [4.69, 9.17) is 0 Å². The summed E-state index contributed by atoms with van der Waals surface area (Å²) < 4.78 is 2.97. The molecule has 3 rings (SSSR count). The molecule has 0 N–H and O–H groups in total. The lowest BCUT2D eigenvalue weighted by molar-refractivity contribution is 0.921. The first-order valence-electron chi connectivity index (χ1n) is 5.35. The Bertz CT molecular complexity index is 682. The smallest absolute Gasteiger partial charge is 0.195 e. The van der Waals surface area contributed by atoms with Crippen LogP contribution in [-0.2, 0) is 5.75 Å². The first-order chi connectivity index (χ1) is 8.83. The van der Waals surface area contributed by atoms with Crippen LogP contribution in [0.1, 0.15) is 5.56 Å². The van der Waals surface area contributed by atoms with Crippen LogP contribution in [0.2, 0.25) is 0 Å². The molecule has 3 aromatic heterocycles. The van der Waals surface area contributed by atoms with E-state index >= 15 is 0 Å². The van der Waals surface area contributed by atoms with Gasteiger partial charge in [0.2, 0.25) is 0 Å². The van der Waals surface area contributed by atoms with Gasteiger partial charge in [-0.2, -0.15) is 0 Å². The minimum absolute atomic E-state index is 0.822. The molecular weight excluding hydrogens is 312 g/mol. The molecule has 0 spiro atoms. The number of fused-ring (bicyclic) bond motifs is 1. The van der Waals surface area contributed by atoms with Crippen molar-refractivity contribution in [1.82, 2.24) is 19.6 Å². The van der Waals surface area contributed by atoms with E-state index in [2.05, 4.69) is 37.2 Å². The van der Waals surface area contributed by atoms with Crippen molar-refractivity contribution in [1.29, 1.82) is 0 Å². The minimum atomic E-state index is 0.822. The zero-order chi connectivity index (χ0) is 12.4. The van der Waals surface area contributed by atoms with Crippen molar-refractivity contribution in [3.8, 4) is 0 Å². The molecule has 6 heteroatoms. The highest BCUT2D eigenvalue weighted by molar-refractivity contribution is 9.10. The number of pyridine rings is 2. The van der Waals surface area contributed by atoms with Gasteiger partial charge in [0.1, 0.15) is 0 Å². The van der Waals surface area contributed by atoms with Gasteiger partial charge in [-0.1, -0.05) is 17.8 Å². The third-order valence-electron chi connectivity index (χ3n) is 2.41. The number of halogens is 1.